The van der Waals surface area contributed by atoms with Gasteiger partial charge in [0.05, 0.1) is 5.56 Å². The van der Waals surface area contributed by atoms with Crippen molar-refractivity contribution in [3.63, 3.8) is 0 Å². The second-order valence-corrected chi connectivity index (χ2v) is 5.77. The number of carbonyl (C=O) groups excluding carboxylic acids is 1. The van der Waals surface area contributed by atoms with Crippen LogP contribution in [0.15, 0.2) is 46.9 Å². The molecule has 1 amide bonds. The van der Waals surface area contributed by atoms with Gasteiger partial charge in [0.1, 0.15) is 5.82 Å². The van der Waals surface area contributed by atoms with Gasteiger partial charge >= 0.3 is 0 Å². The van der Waals surface area contributed by atoms with Crippen LogP contribution in [0.25, 0.3) is 0 Å². The molecule has 0 atom stereocenters. The third-order valence-corrected chi connectivity index (χ3v) is 3.54. The molecule has 0 aromatic heterocycles. The number of benzene rings is 2. The summed E-state index contributed by atoms with van der Waals surface area (Å²) in [4.78, 5) is 13.7. The van der Waals surface area contributed by atoms with E-state index in [1.54, 1.807) is 25.2 Å². The molecule has 0 N–H and O–H groups in total. The Hall–Kier alpha value is -1.39. The van der Waals surface area contributed by atoms with Gasteiger partial charge in [-0.05, 0) is 35.9 Å². The highest BCUT2D eigenvalue weighted by Crippen LogP contribution is 2.18. The summed E-state index contributed by atoms with van der Waals surface area (Å²) in [6.45, 7) is 0.366. The Morgan fingerprint density at radius 2 is 2.05 bits per heavy atom. The van der Waals surface area contributed by atoms with E-state index in [1.807, 2.05) is 12.1 Å². The molecule has 0 heterocycles. The van der Waals surface area contributed by atoms with Gasteiger partial charge in [0.25, 0.3) is 5.91 Å². The van der Waals surface area contributed by atoms with Gasteiger partial charge < -0.3 is 4.90 Å². The quantitative estimate of drug-likeness (QED) is 0.792. The Balaban J connectivity index is 2.18. The lowest BCUT2D eigenvalue weighted by Gasteiger charge is -2.18. The lowest BCUT2D eigenvalue weighted by Crippen LogP contribution is -2.27. The Bertz CT molecular complexity index is 648. The standard InChI is InChI=1S/C15H12BrClFNO/c1-19(9-10-3-2-4-12(17)7-10)15(20)13-8-11(16)5-6-14(13)18/h2-8H,9H2,1H3. The lowest BCUT2D eigenvalue weighted by atomic mass is 10.1. The first-order valence-corrected chi connectivity index (χ1v) is 7.09. The zero-order valence-corrected chi connectivity index (χ0v) is 13.1. The highest BCUT2D eigenvalue weighted by Gasteiger charge is 2.16. The fourth-order valence-corrected chi connectivity index (χ4v) is 2.42. The molecule has 2 aromatic rings. The van der Waals surface area contributed by atoms with Gasteiger partial charge in [-0.2, -0.15) is 0 Å². The van der Waals surface area contributed by atoms with Crippen molar-refractivity contribution in [3.8, 4) is 0 Å². The lowest BCUT2D eigenvalue weighted by molar-refractivity contribution is 0.0780. The fraction of sp³-hybridized carbons (Fsp3) is 0.133. The van der Waals surface area contributed by atoms with Gasteiger partial charge in [-0.25, -0.2) is 4.39 Å². The van der Waals surface area contributed by atoms with Crippen molar-refractivity contribution in [2.45, 2.75) is 6.54 Å². The van der Waals surface area contributed by atoms with Crippen LogP contribution in [0.5, 0.6) is 0 Å². The Labute approximate surface area is 130 Å². The van der Waals surface area contributed by atoms with Crippen LogP contribution in [0, 0.1) is 5.82 Å². The monoisotopic (exact) mass is 355 g/mol. The fourth-order valence-electron chi connectivity index (χ4n) is 1.85. The van der Waals surface area contributed by atoms with Crippen molar-refractivity contribution in [2.75, 3.05) is 7.05 Å². The summed E-state index contributed by atoms with van der Waals surface area (Å²) in [5.74, 6) is -0.903. The molecule has 0 fully saturated rings. The van der Waals surface area contributed by atoms with Crippen LogP contribution in [0.1, 0.15) is 15.9 Å². The van der Waals surface area contributed by atoms with Crippen LogP contribution in [0.3, 0.4) is 0 Å². The minimum Gasteiger partial charge on any atom is -0.337 e. The molecule has 0 aliphatic rings. The Kier molecular flexibility index (Phi) is 4.78. The number of hydrogen-bond acceptors (Lipinski definition) is 1. The normalized spacial score (nSPS) is 10.4. The molecule has 0 spiro atoms. The van der Waals surface area contributed by atoms with E-state index in [0.717, 1.165) is 5.56 Å². The zero-order chi connectivity index (χ0) is 14.7. The Morgan fingerprint density at radius 1 is 1.30 bits per heavy atom. The van der Waals surface area contributed by atoms with Gasteiger partial charge in [-0.1, -0.05) is 39.7 Å². The van der Waals surface area contributed by atoms with Crippen LogP contribution in [-0.2, 0) is 6.54 Å². The van der Waals surface area contributed by atoms with E-state index < -0.39 is 5.82 Å². The molecule has 0 aliphatic heterocycles. The first-order chi connectivity index (χ1) is 9.47. The molecular weight excluding hydrogens is 345 g/mol. The molecule has 104 valence electrons. The summed E-state index contributed by atoms with van der Waals surface area (Å²) in [5, 5.41) is 0.608. The second kappa shape index (κ2) is 6.37. The minimum atomic E-state index is -0.531. The molecule has 5 heteroatoms. The molecule has 0 unspecified atom stereocenters. The van der Waals surface area contributed by atoms with Crippen LogP contribution >= 0.6 is 27.5 Å². The van der Waals surface area contributed by atoms with Crippen molar-refractivity contribution >= 4 is 33.4 Å². The van der Waals surface area contributed by atoms with E-state index in [9.17, 15) is 9.18 Å². The number of carbonyl (C=O) groups is 1. The van der Waals surface area contributed by atoms with Gasteiger partial charge in [-0.15, -0.1) is 0 Å². The number of halogens is 3. The average molecular weight is 357 g/mol. The van der Waals surface area contributed by atoms with Crippen LogP contribution < -0.4 is 0 Å². The maximum atomic E-state index is 13.7. The van der Waals surface area contributed by atoms with E-state index in [1.165, 1.54) is 17.0 Å². The van der Waals surface area contributed by atoms with E-state index in [4.69, 9.17) is 11.6 Å². The SMILES string of the molecule is CN(Cc1cccc(Cl)c1)C(=O)c1cc(Br)ccc1F. The molecule has 0 saturated heterocycles. The van der Waals surface area contributed by atoms with Crippen LogP contribution in [0.2, 0.25) is 5.02 Å². The summed E-state index contributed by atoms with van der Waals surface area (Å²) in [7, 11) is 1.63. The predicted octanol–water partition coefficient (Wildman–Crippen LogP) is 4.51. The summed E-state index contributed by atoms with van der Waals surface area (Å²) < 4.78 is 14.4. The van der Waals surface area contributed by atoms with E-state index in [-0.39, 0.29) is 11.5 Å². The van der Waals surface area contributed by atoms with Gasteiger partial charge in [0.2, 0.25) is 0 Å². The van der Waals surface area contributed by atoms with Crippen molar-refractivity contribution in [1.29, 1.82) is 0 Å². The summed E-state index contributed by atoms with van der Waals surface area (Å²) >= 11 is 9.14. The van der Waals surface area contributed by atoms with Gasteiger partial charge in [-0.3, -0.25) is 4.79 Å². The third kappa shape index (κ3) is 3.58. The molecule has 20 heavy (non-hydrogen) atoms. The second-order valence-electron chi connectivity index (χ2n) is 4.42. The molecule has 0 bridgehead atoms. The molecule has 0 radical (unpaired) electrons. The summed E-state index contributed by atoms with van der Waals surface area (Å²) in [6.07, 6.45) is 0. The number of rotatable bonds is 3. The maximum absolute atomic E-state index is 13.7. The number of amides is 1. The Morgan fingerprint density at radius 3 is 2.75 bits per heavy atom. The number of hydrogen-bond donors (Lipinski definition) is 0. The largest absolute Gasteiger partial charge is 0.337 e. The molecule has 0 aliphatic carbocycles. The minimum absolute atomic E-state index is 0.0453. The first-order valence-electron chi connectivity index (χ1n) is 5.92. The van der Waals surface area contributed by atoms with Gasteiger partial charge in [0, 0.05) is 23.1 Å². The van der Waals surface area contributed by atoms with E-state index in [2.05, 4.69) is 15.9 Å². The first kappa shape index (κ1) is 15.0. The predicted molar refractivity (Wildman–Crippen MR) is 81.3 cm³/mol. The van der Waals surface area contributed by atoms with Crippen molar-refractivity contribution in [1.82, 2.24) is 4.90 Å². The van der Waals surface area contributed by atoms with Crippen molar-refractivity contribution in [2.24, 2.45) is 0 Å². The summed E-state index contributed by atoms with van der Waals surface area (Å²) in [6, 6.07) is 11.5. The summed E-state index contributed by atoms with van der Waals surface area (Å²) in [5.41, 5.74) is 0.938. The average Bonchev–Trinajstić information content (AvgIpc) is 2.40. The molecule has 2 rings (SSSR count). The topological polar surface area (TPSA) is 20.3 Å². The highest BCUT2D eigenvalue weighted by molar-refractivity contribution is 9.10. The highest BCUT2D eigenvalue weighted by atomic mass is 79.9. The van der Waals surface area contributed by atoms with Crippen molar-refractivity contribution < 1.29 is 9.18 Å². The third-order valence-electron chi connectivity index (χ3n) is 2.81. The molecule has 2 aromatic carbocycles. The maximum Gasteiger partial charge on any atom is 0.256 e. The van der Waals surface area contributed by atoms with Gasteiger partial charge in [0.15, 0.2) is 0 Å². The molecular formula is C15H12BrClFNO. The van der Waals surface area contributed by atoms with Crippen molar-refractivity contribution in [3.05, 3.63) is 68.9 Å². The smallest absolute Gasteiger partial charge is 0.256 e. The van der Waals surface area contributed by atoms with Crippen LogP contribution in [-0.4, -0.2) is 17.9 Å². The van der Waals surface area contributed by atoms with E-state index >= 15 is 0 Å². The van der Waals surface area contributed by atoms with E-state index in [0.29, 0.717) is 16.0 Å². The molecule has 2 nitrogen and oxygen atoms in total. The van der Waals surface area contributed by atoms with Crippen LogP contribution in [0.4, 0.5) is 4.39 Å². The number of nitrogens with zero attached hydrogens (tertiary/aromatic N) is 1. The zero-order valence-electron chi connectivity index (χ0n) is 10.7. The molecule has 0 saturated carbocycles.